The highest BCUT2D eigenvalue weighted by Gasteiger charge is 2.23. The Bertz CT molecular complexity index is 236. The first-order chi connectivity index (χ1) is 7.29. The molecule has 15 heavy (non-hydrogen) atoms. The van der Waals surface area contributed by atoms with Gasteiger partial charge in [-0.25, -0.2) is 10.8 Å². The predicted molar refractivity (Wildman–Crippen MR) is 61.5 cm³/mol. The Morgan fingerprint density at radius 3 is 2.73 bits per heavy atom. The molecule has 0 bridgehead atoms. The van der Waals surface area contributed by atoms with Gasteiger partial charge < -0.3 is 9.80 Å². The molecule has 2 fully saturated rings. The number of aliphatic imine (C=N–C) groups is 1. The van der Waals surface area contributed by atoms with Crippen molar-refractivity contribution in [3.05, 3.63) is 0 Å². The lowest BCUT2D eigenvalue weighted by molar-refractivity contribution is 0.344. The molecule has 1 aliphatic heterocycles. The minimum Gasteiger partial charge on any atom is -0.341 e. The third kappa shape index (κ3) is 3.07. The highest BCUT2D eigenvalue weighted by molar-refractivity contribution is 5.79. The first kappa shape index (κ1) is 10.7. The van der Waals surface area contributed by atoms with Crippen molar-refractivity contribution >= 4 is 5.96 Å². The fraction of sp³-hybridized carbons (Fsp3) is 0.900. The van der Waals surface area contributed by atoms with Gasteiger partial charge in [-0.15, -0.1) is 0 Å². The summed E-state index contributed by atoms with van der Waals surface area (Å²) in [6.45, 7) is 4.33. The molecule has 0 atom stereocenters. The summed E-state index contributed by atoms with van der Waals surface area (Å²) in [4.78, 5) is 9.20. The van der Waals surface area contributed by atoms with Gasteiger partial charge in [-0.1, -0.05) is 0 Å². The predicted octanol–water partition coefficient (Wildman–Crippen LogP) is -0.394. The molecule has 86 valence electrons. The molecule has 3 N–H and O–H groups in total. The maximum absolute atomic E-state index is 5.53. The quantitative estimate of drug-likeness (QED) is 0.268. The van der Waals surface area contributed by atoms with Crippen LogP contribution in [-0.4, -0.2) is 55.0 Å². The van der Waals surface area contributed by atoms with Crippen LogP contribution in [0.15, 0.2) is 4.99 Å². The number of likely N-dealkylation sites (N-methyl/N-ethyl adjacent to an activating group) is 1. The fourth-order valence-corrected chi connectivity index (χ4v) is 1.85. The molecule has 0 spiro atoms. The lowest BCUT2D eigenvalue weighted by Gasteiger charge is -2.23. The topological polar surface area (TPSA) is 56.9 Å². The minimum atomic E-state index is 0.525. The number of guanidine groups is 1. The van der Waals surface area contributed by atoms with Crippen LogP contribution in [-0.2, 0) is 0 Å². The standard InChI is InChI=1S/C10H21N5/c1-14-5-2-6-15(8-7-14)10(13-11)12-9-3-4-9/h9H,2-8,11H2,1H3,(H,12,13). The van der Waals surface area contributed by atoms with Gasteiger partial charge in [0.15, 0.2) is 0 Å². The smallest absolute Gasteiger partial charge is 0.208 e. The molecule has 1 aliphatic carbocycles. The number of hydrogen-bond donors (Lipinski definition) is 2. The van der Waals surface area contributed by atoms with Crippen molar-refractivity contribution in [2.75, 3.05) is 33.2 Å². The van der Waals surface area contributed by atoms with Crippen LogP contribution in [0.4, 0.5) is 0 Å². The van der Waals surface area contributed by atoms with Gasteiger partial charge in [-0.05, 0) is 32.9 Å². The normalized spacial score (nSPS) is 25.2. The molecule has 0 unspecified atom stereocenters. The Morgan fingerprint density at radius 2 is 2.07 bits per heavy atom. The van der Waals surface area contributed by atoms with Crippen LogP contribution in [0.2, 0.25) is 0 Å². The van der Waals surface area contributed by atoms with Crippen LogP contribution >= 0.6 is 0 Å². The van der Waals surface area contributed by atoms with Crippen LogP contribution in [0.1, 0.15) is 19.3 Å². The van der Waals surface area contributed by atoms with Gasteiger partial charge in [-0.2, -0.15) is 0 Å². The number of hydrogen-bond acceptors (Lipinski definition) is 3. The lowest BCUT2D eigenvalue weighted by atomic mass is 10.4. The molecule has 2 aliphatic rings. The molecule has 1 saturated carbocycles. The van der Waals surface area contributed by atoms with Gasteiger partial charge in [0.1, 0.15) is 0 Å². The van der Waals surface area contributed by atoms with Crippen molar-refractivity contribution in [1.29, 1.82) is 0 Å². The molecule has 5 nitrogen and oxygen atoms in total. The van der Waals surface area contributed by atoms with E-state index in [2.05, 4.69) is 27.3 Å². The first-order valence-corrected chi connectivity index (χ1v) is 5.77. The molecule has 0 aromatic rings. The lowest BCUT2D eigenvalue weighted by Crippen LogP contribution is -2.46. The van der Waals surface area contributed by atoms with E-state index in [9.17, 15) is 0 Å². The molecule has 0 radical (unpaired) electrons. The van der Waals surface area contributed by atoms with Gasteiger partial charge in [0.25, 0.3) is 0 Å². The molecule has 1 heterocycles. The molecule has 1 saturated heterocycles. The summed E-state index contributed by atoms with van der Waals surface area (Å²) in [5.41, 5.74) is 2.74. The number of rotatable bonds is 1. The maximum atomic E-state index is 5.53. The third-order valence-corrected chi connectivity index (χ3v) is 3.00. The third-order valence-electron chi connectivity index (χ3n) is 3.00. The van der Waals surface area contributed by atoms with Crippen LogP contribution in [0.25, 0.3) is 0 Å². The molecule has 5 heteroatoms. The summed E-state index contributed by atoms with van der Waals surface area (Å²) >= 11 is 0. The highest BCUT2D eigenvalue weighted by Crippen LogP contribution is 2.23. The Kier molecular flexibility index (Phi) is 3.43. The molecule has 2 rings (SSSR count). The van der Waals surface area contributed by atoms with E-state index in [0.717, 1.165) is 32.1 Å². The zero-order valence-corrected chi connectivity index (χ0v) is 9.45. The Hall–Kier alpha value is -0.810. The van der Waals surface area contributed by atoms with Crippen molar-refractivity contribution in [3.8, 4) is 0 Å². The summed E-state index contributed by atoms with van der Waals surface area (Å²) in [6, 6.07) is 0.525. The number of nitrogens with zero attached hydrogens (tertiary/aromatic N) is 3. The maximum Gasteiger partial charge on any atom is 0.208 e. The zero-order valence-electron chi connectivity index (χ0n) is 9.45. The van der Waals surface area contributed by atoms with Crippen molar-refractivity contribution < 1.29 is 0 Å². The Morgan fingerprint density at radius 1 is 1.27 bits per heavy atom. The van der Waals surface area contributed by atoms with Gasteiger partial charge in [0.05, 0.1) is 6.04 Å². The number of nitrogens with one attached hydrogen (secondary N) is 1. The fourth-order valence-electron chi connectivity index (χ4n) is 1.85. The molecular formula is C10H21N5. The van der Waals surface area contributed by atoms with E-state index >= 15 is 0 Å². The van der Waals surface area contributed by atoms with E-state index < -0.39 is 0 Å². The van der Waals surface area contributed by atoms with Crippen molar-refractivity contribution in [2.45, 2.75) is 25.3 Å². The molecule has 0 aromatic heterocycles. The van der Waals surface area contributed by atoms with Crippen molar-refractivity contribution in [2.24, 2.45) is 10.8 Å². The number of hydrazine groups is 1. The SMILES string of the molecule is CN1CCCN(C(=NC2CC2)NN)CC1. The second-order valence-electron chi connectivity index (χ2n) is 4.47. The molecular weight excluding hydrogens is 190 g/mol. The molecule has 0 amide bonds. The van der Waals surface area contributed by atoms with E-state index in [1.54, 1.807) is 0 Å². The first-order valence-electron chi connectivity index (χ1n) is 5.77. The monoisotopic (exact) mass is 211 g/mol. The number of nitrogens with two attached hydrogens (primary N) is 1. The van der Waals surface area contributed by atoms with E-state index in [-0.39, 0.29) is 0 Å². The summed E-state index contributed by atoms with van der Waals surface area (Å²) in [7, 11) is 2.16. The largest absolute Gasteiger partial charge is 0.341 e. The summed E-state index contributed by atoms with van der Waals surface area (Å²) < 4.78 is 0. The summed E-state index contributed by atoms with van der Waals surface area (Å²) in [6.07, 6.45) is 3.62. The Balaban J connectivity index is 1.94. The van der Waals surface area contributed by atoms with Gasteiger partial charge in [-0.3, -0.25) is 5.43 Å². The van der Waals surface area contributed by atoms with Crippen LogP contribution in [0, 0.1) is 0 Å². The van der Waals surface area contributed by atoms with Gasteiger partial charge in [0, 0.05) is 19.6 Å². The van der Waals surface area contributed by atoms with Crippen molar-refractivity contribution in [1.82, 2.24) is 15.2 Å². The Labute approximate surface area is 91.3 Å². The van der Waals surface area contributed by atoms with E-state index in [1.165, 1.54) is 19.3 Å². The second kappa shape index (κ2) is 4.81. The van der Waals surface area contributed by atoms with Crippen LogP contribution in [0.3, 0.4) is 0 Å². The minimum absolute atomic E-state index is 0.525. The van der Waals surface area contributed by atoms with Gasteiger partial charge >= 0.3 is 0 Å². The van der Waals surface area contributed by atoms with E-state index in [4.69, 9.17) is 5.84 Å². The summed E-state index contributed by atoms with van der Waals surface area (Å²) in [5.74, 6) is 6.41. The summed E-state index contributed by atoms with van der Waals surface area (Å²) in [5, 5.41) is 0. The van der Waals surface area contributed by atoms with Crippen LogP contribution in [0.5, 0.6) is 0 Å². The highest BCUT2D eigenvalue weighted by atomic mass is 15.4. The van der Waals surface area contributed by atoms with Gasteiger partial charge in [0.2, 0.25) is 5.96 Å². The van der Waals surface area contributed by atoms with Crippen molar-refractivity contribution in [3.63, 3.8) is 0 Å². The van der Waals surface area contributed by atoms with Crippen LogP contribution < -0.4 is 11.3 Å². The average Bonchev–Trinajstić information content (AvgIpc) is 3.03. The second-order valence-corrected chi connectivity index (χ2v) is 4.47. The average molecular weight is 211 g/mol. The van der Waals surface area contributed by atoms with E-state index in [1.807, 2.05) is 0 Å². The zero-order chi connectivity index (χ0) is 10.7. The van der Waals surface area contributed by atoms with E-state index in [0.29, 0.717) is 6.04 Å². The molecule has 0 aromatic carbocycles.